The Hall–Kier alpha value is -4.26. The number of furan rings is 1. The molecule has 0 aliphatic carbocycles. The number of nitrogens with one attached hydrogen (secondary N) is 2. The van der Waals surface area contributed by atoms with Gasteiger partial charge in [-0.15, -0.1) is 0 Å². The number of benzene rings is 3. The molecule has 0 aliphatic rings. The molecule has 0 spiro atoms. The number of nitrogens with zero attached hydrogens (tertiary/aromatic N) is 2. The van der Waals surface area contributed by atoms with Gasteiger partial charge in [0.2, 0.25) is 9.84 Å². The minimum absolute atomic E-state index is 0.0421. The van der Waals surface area contributed by atoms with Crippen molar-refractivity contribution in [3.05, 3.63) is 91.0 Å². The first-order chi connectivity index (χ1) is 19.6. The molecule has 0 saturated carbocycles. The Kier molecular flexibility index (Phi) is 8.06. The molecule has 2 N–H and O–H groups in total. The molecule has 0 fully saturated rings. The van der Waals surface area contributed by atoms with E-state index < -0.39 is 19.7 Å². The van der Waals surface area contributed by atoms with E-state index in [9.17, 15) is 16.8 Å². The van der Waals surface area contributed by atoms with Crippen molar-refractivity contribution in [1.29, 1.82) is 0 Å². The Morgan fingerprint density at radius 1 is 0.878 bits per heavy atom. The van der Waals surface area contributed by atoms with Crippen molar-refractivity contribution in [2.24, 2.45) is 0 Å². The SMILES string of the molecule is COc1cc2ncnc(Nc3ccc(S(=O)(=O)c4ccccc4)cc3)c2cc1-c1ccc(CNCCS(C)(=O)=O)o1. The summed E-state index contributed by atoms with van der Waals surface area (Å²) < 4.78 is 60.2. The van der Waals surface area contributed by atoms with Gasteiger partial charge in [-0.3, -0.25) is 0 Å². The Bertz CT molecular complexity index is 1890. The van der Waals surface area contributed by atoms with Crippen LogP contribution in [0.25, 0.3) is 22.2 Å². The van der Waals surface area contributed by atoms with E-state index in [1.807, 2.05) is 18.2 Å². The van der Waals surface area contributed by atoms with E-state index in [0.29, 0.717) is 58.3 Å². The molecule has 10 nitrogen and oxygen atoms in total. The maximum Gasteiger partial charge on any atom is 0.206 e. The monoisotopic (exact) mass is 592 g/mol. The summed E-state index contributed by atoms with van der Waals surface area (Å²) in [6, 6.07) is 22.1. The summed E-state index contributed by atoms with van der Waals surface area (Å²) in [6.45, 7) is 0.691. The largest absolute Gasteiger partial charge is 0.496 e. The van der Waals surface area contributed by atoms with E-state index in [-0.39, 0.29) is 15.5 Å². The summed E-state index contributed by atoms with van der Waals surface area (Å²) >= 11 is 0. The van der Waals surface area contributed by atoms with Gasteiger partial charge in [0.25, 0.3) is 0 Å². The first-order valence-corrected chi connectivity index (χ1v) is 16.2. The Morgan fingerprint density at radius 2 is 1.61 bits per heavy atom. The number of hydrogen-bond acceptors (Lipinski definition) is 10. The van der Waals surface area contributed by atoms with Crippen LogP contribution >= 0.6 is 0 Å². The van der Waals surface area contributed by atoms with Crippen molar-refractivity contribution >= 4 is 42.1 Å². The number of aromatic nitrogens is 2. The van der Waals surface area contributed by atoms with Gasteiger partial charge in [0.1, 0.15) is 39.3 Å². The van der Waals surface area contributed by atoms with Crippen LogP contribution in [0.5, 0.6) is 5.75 Å². The Labute approximate surface area is 238 Å². The van der Waals surface area contributed by atoms with Crippen LogP contribution < -0.4 is 15.4 Å². The minimum Gasteiger partial charge on any atom is -0.496 e. The lowest BCUT2D eigenvalue weighted by Crippen LogP contribution is -2.21. The minimum atomic E-state index is -3.63. The number of rotatable bonds is 11. The Balaban J connectivity index is 1.40. The fourth-order valence-corrected chi connectivity index (χ4v) is 6.02. The number of sulfone groups is 2. The van der Waals surface area contributed by atoms with Crippen molar-refractivity contribution < 1.29 is 26.0 Å². The predicted molar refractivity (Wildman–Crippen MR) is 157 cm³/mol. The summed E-state index contributed by atoms with van der Waals surface area (Å²) in [5.74, 6) is 2.33. The third-order valence-electron chi connectivity index (χ3n) is 6.31. The average Bonchev–Trinajstić information content (AvgIpc) is 3.44. The standard InChI is InChI=1S/C29H28N4O6S2/c1-38-28-17-26-24(16-25(28)27-13-10-21(39-27)18-30-14-15-40(2,34)35)29(32-19-31-26)33-20-8-11-23(12-9-20)41(36,37)22-6-4-3-5-7-22/h3-13,16-17,19,30H,14-15,18H2,1-2H3,(H,31,32,33). The smallest absolute Gasteiger partial charge is 0.206 e. The van der Waals surface area contributed by atoms with Gasteiger partial charge in [0, 0.05) is 29.9 Å². The van der Waals surface area contributed by atoms with Crippen LogP contribution in [0.4, 0.5) is 11.5 Å². The summed E-state index contributed by atoms with van der Waals surface area (Å²) in [5.41, 5.74) is 1.97. The van der Waals surface area contributed by atoms with Gasteiger partial charge in [-0.05, 0) is 54.6 Å². The molecular formula is C29H28N4O6S2. The molecule has 0 amide bonds. The molecule has 2 aromatic heterocycles. The van der Waals surface area contributed by atoms with Crippen molar-refractivity contribution in [2.75, 3.05) is 31.0 Å². The number of anilines is 2. The zero-order valence-corrected chi connectivity index (χ0v) is 24.0. The van der Waals surface area contributed by atoms with E-state index in [1.165, 1.54) is 12.6 Å². The molecule has 0 saturated heterocycles. The molecule has 2 heterocycles. The zero-order chi connectivity index (χ0) is 29.0. The van der Waals surface area contributed by atoms with E-state index in [4.69, 9.17) is 9.15 Å². The number of methoxy groups -OCH3 is 1. The molecule has 5 aromatic rings. The van der Waals surface area contributed by atoms with Gasteiger partial charge in [0.05, 0.1) is 40.3 Å². The van der Waals surface area contributed by atoms with Gasteiger partial charge in [-0.25, -0.2) is 26.8 Å². The third kappa shape index (κ3) is 6.56. The van der Waals surface area contributed by atoms with E-state index in [2.05, 4.69) is 20.6 Å². The average molecular weight is 593 g/mol. The van der Waals surface area contributed by atoms with Gasteiger partial charge in [-0.1, -0.05) is 18.2 Å². The van der Waals surface area contributed by atoms with Crippen LogP contribution in [0.2, 0.25) is 0 Å². The van der Waals surface area contributed by atoms with Gasteiger partial charge in [0.15, 0.2) is 0 Å². The second-order valence-corrected chi connectivity index (χ2v) is 13.5. The molecule has 0 radical (unpaired) electrons. The maximum atomic E-state index is 12.9. The van der Waals surface area contributed by atoms with Crippen LogP contribution in [0, 0.1) is 0 Å². The number of ether oxygens (including phenoxy) is 1. The quantitative estimate of drug-likeness (QED) is 0.209. The van der Waals surface area contributed by atoms with Crippen LogP contribution in [0.15, 0.2) is 99.4 Å². The lowest BCUT2D eigenvalue weighted by molar-refractivity contribution is 0.414. The molecule has 212 valence electrons. The Morgan fingerprint density at radius 3 is 2.32 bits per heavy atom. The highest BCUT2D eigenvalue weighted by Gasteiger charge is 2.18. The molecule has 5 rings (SSSR count). The molecule has 0 unspecified atom stereocenters. The second kappa shape index (κ2) is 11.7. The molecule has 41 heavy (non-hydrogen) atoms. The molecule has 12 heteroatoms. The molecule has 0 aliphatic heterocycles. The molecule has 0 bridgehead atoms. The summed E-state index contributed by atoms with van der Waals surface area (Å²) in [4.78, 5) is 9.22. The molecule has 3 aromatic carbocycles. The highest BCUT2D eigenvalue weighted by Crippen LogP contribution is 2.37. The highest BCUT2D eigenvalue weighted by atomic mass is 32.2. The number of hydrogen-bond donors (Lipinski definition) is 2. The van der Waals surface area contributed by atoms with E-state index in [0.717, 1.165) is 0 Å². The van der Waals surface area contributed by atoms with Gasteiger partial charge < -0.3 is 19.8 Å². The fourth-order valence-electron chi connectivity index (χ4n) is 4.22. The van der Waals surface area contributed by atoms with Crippen LogP contribution in [0.3, 0.4) is 0 Å². The number of fused-ring (bicyclic) bond motifs is 1. The van der Waals surface area contributed by atoms with Crippen molar-refractivity contribution in [3.63, 3.8) is 0 Å². The predicted octanol–water partition coefficient (Wildman–Crippen LogP) is 4.61. The van der Waals surface area contributed by atoms with Gasteiger partial charge >= 0.3 is 0 Å². The van der Waals surface area contributed by atoms with Gasteiger partial charge in [-0.2, -0.15) is 0 Å². The second-order valence-electron chi connectivity index (χ2n) is 9.33. The first-order valence-electron chi connectivity index (χ1n) is 12.6. The highest BCUT2D eigenvalue weighted by molar-refractivity contribution is 7.91. The maximum absolute atomic E-state index is 12.9. The fraction of sp³-hybridized carbons (Fsp3) is 0.172. The summed E-state index contributed by atoms with van der Waals surface area (Å²) in [5, 5.41) is 7.03. The lowest BCUT2D eigenvalue weighted by atomic mass is 10.1. The van der Waals surface area contributed by atoms with Crippen molar-refractivity contribution in [3.8, 4) is 17.1 Å². The topological polar surface area (TPSA) is 140 Å². The van der Waals surface area contributed by atoms with E-state index >= 15 is 0 Å². The van der Waals surface area contributed by atoms with Crippen LogP contribution in [0.1, 0.15) is 5.76 Å². The normalized spacial score (nSPS) is 12.0. The van der Waals surface area contributed by atoms with Crippen LogP contribution in [-0.2, 0) is 26.2 Å². The lowest BCUT2D eigenvalue weighted by Gasteiger charge is -2.12. The molecule has 0 atom stereocenters. The third-order valence-corrected chi connectivity index (χ3v) is 9.04. The summed E-state index contributed by atoms with van der Waals surface area (Å²) in [7, 11) is -5.11. The van der Waals surface area contributed by atoms with E-state index in [1.54, 1.807) is 67.8 Å². The zero-order valence-electron chi connectivity index (χ0n) is 22.4. The first kappa shape index (κ1) is 28.3. The van der Waals surface area contributed by atoms with Crippen LogP contribution in [-0.4, -0.2) is 52.5 Å². The molecular weight excluding hydrogens is 564 g/mol. The van der Waals surface area contributed by atoms with Crippen molar-refractivity contribution in [1.82, 2.24) is 15.3 Å². The summed E-state index contributed by atoms with van der Waals surface area (Å²) in [6.07, 6.45) is 2.63. The van der Waals surface area contributed by atoms with Crippen molar-refractivity contribution in [2.45, 2.75) is 16.3 Å².